The Kier molecular flexibility index (Phi) is 7.57. The molecule has 3 aromatic rings. The summed E-state index contributed by atoms with van der Waals surface area (Å²) >= 11 is 7.64. The molecule has 0 bridgehead atoms. The van der Waals surface area contributed by atoms with Crippen LogP contribution in [0.15, 0.2) is 28.9 Å². The van der Waals surface area contributed by atoms with E-state index in [1.807, 2.05) is 25.1 Å². The number of nitrogens with two attached hydrogens (primary N) is 1. The van der Waals surface area contributed by atoms with Gasteiger partial charge in [0.15, 0.2) is 0 Å². The Hall–Kier alpha value is -1.05. The van der Waals surface area contributed by atoms with E-state index in [4.69, 9.17) is 21.8 Å². The van der Waals surface area contributed by atoms with E-state index in [1.54, 1.807) is 17.6 Å². The van der Waals surface area contributed by atoms with Gasteiger partial charge in [0, 0.05) is 10.9 Å². The number of furan rings is 1. The molecule has 0 saturated carbocycles. The average molecular weight is 396 g/mol. The van der Waals surface area contributed by atoms with Crippen molar-refractivity contribution < 1.29 is 4.42 Å². The summed E-state index contributed by atoms with van der Waals surface area (Å²) < 4.78 is 6.29. The molecule has 0 saturated heterocycles. The van der Waals surface area contributed by atoms with Gasteiger partial charge in [-0.1, -0.05) is 0 Å². The average Bonchev–Trinajstić information content (AvgIpc) is 3.03. The molecule has 126 valence electrons. The Morgan fingerprint density at radius 1 is 1.39 bits per heavy atom. The molecule has 3 rings (SSSR count). The lowest BCUT2D eigenvalue weighted by molar-refractivity contribution is 0.518. The smallest absolute Gasteiger partial charge is 0.224 e. The Bertz CT molecular complexity index is 746. The third-order valence-electron chi connectivity index (χ3n) is 2.93. The van der Waals surface area contributed by atoms with Gasteiger partial charge in [-0.3, -0.25) is 0 Å². The van der Waals surface area contributed by atoms with Crippen LogP contribution in [-0.4, -0.2) is 16.0 Å². The van der Waals surface area contributed by atoms with Gasteiger partial charge >= 0.3 is 0 Å². The van der Waals surface area contributed by atoms with Gasteiger partial charge in [-0.2, -0.15) is 4.98 Å². The van der Waals surface area contributed by atoms with Crippen LogP contribution in [0.5, 0.6) is 0 Å². The largest absolute Gasteiger partial charge is 0.467 e. The van der Waals surface area contributed by atoms with Crippen LogP contribution >= 0.6 is 47.8 Å². The molecule has 3 heterocycles. The van der Waals surface area contributed by atoms with E-state index < -0.39 is 0 Å². The summed E-state index contributed by atoms with van der Waals surface area (Å²) in [6.07, 6.45) is 2.46. The van der Waals surface area contributed by atoms with Gasteiger partial charge in [0.05, 0.1) is 23.0 Å². The lowest BCUT2D eigenvalue weighted by atomic mass is 10.2. The van der Waals surface area contributed by atoms with Crippen molar-refractivity contribution in [3.05, 3.63) is 40.4 Å². The van der Waals surface area contributed by atoms with E-state index in [1.165, 1.54) is 4.88 Å². The molecule has 0 aromatic carbocycles. The fraction of sp³-hybridized carbons (Fsp3) is 0.286. The molecule has 0 spiro atoms. The molecule has 23 heavy (non-hydrogen) atoms. The summed E-state index contributed by atoms with van der Waals surface area (Å²) in [6, 6.07) is 5.89. The van der Waals surface area contributed by atoms with Crippen molar-refractivity contribution >= 4 is 63.8 Å². The minimum absolute atomic E-state index is 0. The number of halogens is 3. The quantitative estimate of drug-likeness (QED) is 0.630. The molecular formula is C14H17Cl3N4OS. The predicted molar refractivity (Wildman–Crippen MR) is 100 cm³/mol. The molecule has 0 aliphatic carbocycles. The predicted octanol–water partition coefficient (Wildman–Crippen LogP) is 4.28. The zero-order chi connectivity index (χ0) is 14.8. The first-order valence-corrected chi connectivity index (χ1v) is 7.79. The first kappa shape index (κ1) is 20.0. The molecule has 9 heteroatoms. The summed E-state index contributed by atoms with van der Waals surface area (Å²) in [5.74, 6) is 1.56. The number of thiophene rings is 1. The summed E-state index contributed by atoms with van der Waals surface area (Å²) in [4.78, 5) is 9.72. The maximum absolute atomic E-state index is 5.99. The second-order valence-electron chi connectivity index (χ2n) is 4.88. The number of anilines is 1. The number of hydrogen-bond donors (Lipinski definition) is 2. The second-order valence-corrected chi connectivity index (χ2v) is 6.36. The van der Waals surface area contributed by atoms with Crippen molar-refractivity contribution in [2.45, 2.75) is 25.9 Å². The Morgan fingerprint density at radius 3 is 2.83 bits per heavy atom. The van der Waals surface area contributed by atoms with Gasteiger partial charge < -0.3 is 15.5 Å². The van der Waals surface area contributed by atoms with Crippen molar-refractivity contribution in [3.63, 3.8) is 0 Å². The minimum Gasteiger partial charge on any atom is -0.467 e. The normalized spacial score (nSPS) is 11.6. The summed E-state index contributed by atoms with van der Waals surface area (Å²) in [6.45, 7) is 2.54. The zero-order valence-corrected chi connectivity index (χ0v) is 15.5. The molecule has 3 N–H and O–H groups in total. The number of hydrogen-bond acceptors (Lipinski definition) is 6. The van der Waals surface area contributed by atoms with Gasteiger partial charge in [0.2, 0.25) is 5.28 Å². The van der Waals surface area contributed by atoms with Crippen molar-refractivity contribution in [2.75, 3.05) is 5.32 Å². The van der Waals surface area contributed by atoms with E-state index >= 15 is 0 Å². The van der Waals surface area contributed by atoms with Crippen LogP contribution in [0.3, 0.4) is 0 Å². The summed E-state index contributed by atoms with van der Waals surface area (Å²) in [5.41, 5.74) is 6.70. The molecule has 0 aliphatic rings. The maximum Gasteiger partial charge on any atom is 0.224 e. The Morgan fingerprint density at radius 2 is 2.17 bits per heavy atom. The number of nitrogens with zero attached hydrogens (tertiary/aromatic N) is 2. The van der Waals surface area contributed by atoms with Crippen LogP contribution in [0.4, 0.5) is 5.82 Å². The monoisotopic (exact) mass is 394 g/mol. The van der Waals surface area contributed by atoms with Crippen LogP contribution in [0.2, 0.25) is 5.28 Å². The van der Waals surface area contributed by atoms with E-state index in [0.29, 0.717) is 6.54 Å². The highest BCUT2D eigenvalue weighted by atomic mass is 35.5. The molecule has 0 radical (unpaired) electrons. The van der Waals surface area contributed by atoms with Crippen molar-refractivity contribution in [1.82, 2.24) is 9.97 Å². The third kappa shape index (κ3) is 4.96. The second kappa shape index (κ2) is 8.70. The number of nitrogens with one attached hydrogen (secondary N) is 1. The summed E-state index contributed by atoms with van der Waals surface area (Å²) in [7, 11) is 0. The van der Waals surface area contributed by atoms with E-state index in [0.717, 1.165) is 28.2 Å². The number of fused-ring (bicyclic) bond motifs is 1. The minimum atomic E-state index is 0. The van der Waals surface area contributed by atoms with Crippen molar-refractivity contribution in [3.8, 4) is 0 Å². The zero-order valence-electron chi connectivity index (χ0n) is 12.3. The fourth-order valence-electron chi connectivity index (χ4n) is 2.07. The highest BCUT2D eigenvalue weighted by molar-refractivity contribution is 7.19. The van der Waals surface area contributed by atoms with Crippen molar-refractivity contribution in [1.29, 1.82) is 0 Å². The highest BCUT2D eigenvalue weighted by Gasteiger charge is 2.12. The van der Waals surface area contributed by atoms with Gasteiger partial charge in [0.25, 0.3) is 0 Å². The maximum atomic E-state index is 5.99. The first-order valence-electron chi connectivity index (χ1n) is 6.59. The molecule has 1 unspecified atom stereocenters. The fourth-order valence-corrected chi connectivity index (χ4v) is 3.45. The van der Waals surface area contributed by atoms with Crippen LogP contribution in [0, 0.1) is 0 Å². The lowest BCUT2D eigenvalue weighted by Crippen LogP contribution is -2.16. The van der Waals surface area contributed by atoms with Crippen molar-refractivity contribution in [2.24, 2.45) is 5.73 Å². The standard InChI is InChI=1S/C14H15ClN4OS.2ClH/c1-8(16)5-10-6-11-12(21-10)13(19-14(15)18-11)17-7-9-3-2-4-20-9;;/h2-4,6,8H,5,7,16H2,1H3,(H,17,18,19);2*1H. The molecule has 0 fully saturated rings. The van der Waals surface area contributed by atoms with Gasteiger partial charge in [-0.25, -0.2) is 4.98 Å². The van der Waals surface area contributed by atoms with E-state index in [2.05, 4.69) is 15.3 Å². The summed E-state index contributed by atoms with van der Waals surface area (Å²) in [5, 5.41) is 3.48. The number of aromatic nitrogens is 2. The van der Waals surface area contributed by atoms with Crippen LogP contribution in [-0.2, 0) is 13.0 Å². The topological polar surface area (TPSA) is 77.0 Å². The third-order valence-corrected chi connectivity index (χ3v) is 4.25. The Balaban J connectivity index is 0.00000132. The molecule has 0 aliphatic heterocycles. The van der Waals surface area contributed by atoms with Crippen LogP contribution in [0.25, 0.3) is 10.2 Å². The first-order chi connectivity index (χ1) is 10.1. The van der Waals surface area contributed by atoms with E-state index in [9.17, 15) is 0 Å². The SMILES string of the molecule is CC(N)Cc1cc2nc(Cl)nc(NCc3ccco3)c2s1.Cl.Cl. The van der Waals surface area contributed by atoms with Gasteiger partial charge in [0.1, 0.15) is 11.6 Å². The molecule has 0 amide bonds. The molecule has 3 aromatic heterocycles. The highest BCUT2D eigenvalue weighted by Crippen LogP contribution is 2.31. The van der Waals surface area contributed by atoms with Crippen LogP contribution in [0.1, 0.15) is 17.6 Å². The Labute approximate surface area is 155 Å². The lowest BCUT2D eigenvalue weighted by Gasteiger charge is -2.04. The molecule has 1 atom stereocenters. The number of rotatable bonds is 5. The van der Waals surface area contributed by atoms with Gasteiger partial charge in [-0.05, 0) is 43.1 Å². The molecule has 5 nitrogen and oxygen atoms in total. The van der Waals surface area contributed by atoms with E-state index in [-0.39, 0.29) is 36.1 Å². The van der Waals surface area contributed by atoms with Crippen LogP contribution < -0.4 is 11.1 Å². The molecular weight excluding hydrogens is 379 g/mol. The van der Waals surface area contributed by atoms with Gasteiger partial charge in [-0.15, -0.1) is 36.2 Å².